The first-order chi connectivity index (χ1) is 4.70. The van der Waals surface area contributed by atoms with Gasteiger partial charge in [0.1, 0.15) is 6.54 Å². The van der Waals surface area contributed by atoms with Gasteiger partial charge in [-0.05, 0) is 0 Å². The molecule has 0 atom stereocenters. The highest BCUT2D eigenvalue weighted by Crippen LogP contribution is 1.92. The minimum Gasteiger partial charge on any atom is -0.480 e. The van der Waals surface area contributed by atoms with Crippen LogP contribution in [0.1, 0.15) is 0 Å². The Bertz CT molecular complexity index is 169. The first-order valence-electron chi connectivity index (χ1n) is 2.60. The van der Waals surface area contributed by atoms with Crippen molar-refractivity contribution in [2.24, 2.45) is 0 Å². The number of carboxylic acid groups (broad SMARTS) is 1. The third-order valence-electron chi connectivity index (χ3n) is 0.965. The number of hydrogen-bond acceptors (Lipinski definition) is 4. The van der Waals surface area contributed by atoms with E-state index >= 15 is 0 Å². The van der Waals surface area contributed by atoms with E-state index in [1.54, 1.807) is 0 Å². The van der Waals surface area contributed by atoms with E-state index < -0.39 is 5.97 Å². The Morgan fingerprint density at radius 3 is 3.00 bits per heavy atom. The fourth-order valence-electron chi connectivity index (χ4n) is 0.556. The topological polar surface area (TPSA) is 78.9 Å². The molecular weight excluding hydrogens is 140 g/mol. The lowest BCUT2D eigenvalue weighted by atomic mass is 10.5. The number of carbonyl (C=O) groups is 2. The number of nitrogens with one attached hydrogen (secondary N) is 1. The molecule has 1 fully saturated rings. The van der Waals surface area contributed by atoms with E-state index in [4.69, 9.17) is 5.11 Å². The van der Waals surface area contributed by atoms with Crippen molar-refractivity contribution in [3.63, 3.8) is 0 Å². The smallest absolute Gasteiger partial charge is 0.324 e. The molecule has 1 saturated heterocycles. The zero-order valence-electron chi connectivity index (χ0n) is 5.03. The van der Waals surface area contributed by atoms with Crippen molar-refractivity contribution in [2.45, 2.75) is 0 Å². The molecule has 1 rings (SSSR count). The summed E-state index contributed by atoms with van der Waals surface area (Å²) in [6.07, 6.45) is 0. The number of rotatable bonds is 2. The fraction of sp³-hybridized carbons (Fsp3) is 0.500. The quantitative estimate of drug-likeness (QED) is 0.488. The summed E-state index contributed by atoms with van der Waals surface area (Å²) >= 11 is 0. The van der Waals surface area contributed by atoms with Gasteiger partial charge in [-0.25, -0.2) is 5.01 Å². The largest absolute Gasteiger partial charge is 0.480 e. The van der Waals surface area contributed by atoms with Crippen molar-refractivity contribution < 1.29 is 19.5 Å². The van der Waals surface area contributed by atoms with Gasteiger partial charge in [-0.2, -0.15) is 0 Å². The summed E-state index contributed by atoms with van der Waals surface area (Å²) in [6, 6.07) is 0. The molecule has 1 aliphatic heterocycles. The van der Waals surface area contributed by atoms with Crippen LogP contribution in [0.3, 0.4) is 0 Å². The molecule has 6 nitrogen and oxygen atoms in total. The van der Waals surface area contributed by atoms with Gasteiger partial charge in [0, 0.05) is 0 Å². The highest BCUT2D eigenvalue weighted by atomic mass is 16.7. The summed E-state index contributed by atoms with van der Waals surface area (Å²) in [5, 5.41) is 9.09. The van der Waals surface area contributed by atoms with Crippen molar-refractivity contribution in [3.8, 4) is 0 Å². The summed E-state index contributed by atoms with van der Waals surface area (Å²) in [4.78, 5) is 25.0. The van der Waals surface area contributed by atoms with Gasteiger partial charge in [-0.15, -0.1) is 5.59 Å². The van der Waals surface area contributed by atoms with Gasteiger partial charge in [0.25, 0.3) is 5.91 Å². The van der Waals surface area contributed by atoms with Crippen LogP contribution in [0.5, 0.6) is 0 Å². The minimum atomic E-state index is -1.08. The molecule has 0 aromatic rings. The summed E-state index contributed by atoms with van der Waals surface area (Å²) in [7, 11) is 0. The molecule has 0 spiro atoms. The van der Waals surface area contributed by atoms with Crippen LogP contribution in [0.2, 0.25) is 0 Å². The molecule has 0 aromatic heterocycles. The van der Waals surface area contributed by atoms with Gasteiger partial charge in [0.15, 0.2) is 6.61 Å². The Balaban J connectivity index is 2.40. The van der Waals surface area contributed by atoms with Crippen molar-refractivity contribution in [3.05, 3.63) is 0 Å². The number of amides is 1. The Morgan fingerprint density at radius 2 is 2.60 bits per heavy atom. The summed E-state index contributed by atoms with van der Waals surface area (Å²) in [5.74, 6) is -1.45. The van der Waals surface area contributed by atoms with E-state index in [1.807, 2.05) is 0 Å². The van der Waals surface area contributed by atoms with E-state index in [0.717, 1.165) is 5.01 Å². The Kier molecular flexibility index (Phi) is 1.83. The second-order valence-electron chi connectivity index (χ2n) is 1.75. The molecule has 2 N–H and O–H groups in total. The third-order valence-corrected chi connectivity index (χ3v) is 0.965. The maximum atomic E-state index is 10.6. The molecule has 56 valence electrons. The Hall–Kier alpha value is -1.14. The SMILES string of the molecule is O=C(O)CN1NOCC1=O. The third kappa shape index (κ3) is 1.42. The molecule has 0 unspecified atom stereocenters. The average Bonchev–Trinajstić information content (AvgIpc) is 2.15. The van der Waals surface area contributed by atoms with Crippen LogP contribution >= 0.6 is 0 Å². The molecule has 0 bridgehead atoms. The van der Waals surface area contributed by atoms with Crippen LogP contribution in [0, 0.1) is 0 Å². The monoisotopic (exact) mass is 146 g/mol. The van der Waals surface area contributed by atoms with Crippen LogP contribution in [0.25, 0.3) is 0 Å². The number of carboxylic acids is 1. The highest BCUT2D eigenvalue weighted by Gasteiger charge is 2.22. The van der Waals surface area contributed by atoms with Crippen molar-refractivity contribution in [1.29, 1.82) is 0 Å². The lowest BCUT2D eigenvalue weighted by Gasteiger charge is -2.08. The molecule has 1 amide bonds. The summed E-state index contributed by atoms with van der Waals surface area (Å²) in [5.41, 5.74) is 2.14. The van der Waals surface area contributed by atoms with E-state index in [1.165, 1.54) is 0 Å². The lowest BCUT2D eigenvalue weighted by molar-refractivity contribution is -0.145. The van der Waals surface area contributed by atoms with Gasteiger partial charge >= 0.3 is 5.97 Å². The molecule has 1 aliphatic rings. The summed E-state index contributed by atoms with van der Waals surface area (Å²) < 4.78 is 0. The molecule has 0 radical (unpaired) electrons. The molecule has 1 heterocycles. The van der Waals surface area contributed by atoms with Crippen molar-refractivity contribution in [2.75, 3.05) is 13.2 Å². The second kappa shape index (κ2) is 2.63. The fourth-order valence-corrected chi connectivity index (χ4v) is 0.556. The predicted molar refractivity (Wildman–Crippen MR) is 28.4 cm³/mol. The van der Waals surface area contributed by atoms with Crippen LogP contribution in [0.15, 0.2) is 0 Å². The second-order valence-corrected chi connectivity index (χ2v) is 1.75. The zero-order valence-corrected chi connectivity index (χ0v) is 5.03. The molecule has 0 saturated carbocycles. The van der Waals surface area contributed by atoms with Gasteiger partial charge in [-0.3, -0.25) is 14.4 Å². The Morgan fingerprint density at radius 1 is 1.90 bits per heavy atom. The maximum absolute atomic E-state index is 10.6. The first kappa shape index (κ1) is 6.97. The van der Waals surface area contributed by atoms with Gasteiger partial charge in [-0.1, -0.05) is 0 Å². The minimum absolute atomic E-state index is 0.104. The van der Waals surface area contributed by atoms with Crippen LogP contribution in [-0.4, -0.2) is 35.1 Å². The van der Waals surface area contributed by atoms with Crippen molar-refractivity contribution >= 4 is 11.9 Å². The van der Waals surface area contributed by atoms with E-state index in [9.17, 15) is 9.59 Å². The number of hydrazine groups is 1. The molecule has 6 heteroatoms. The standard InChI is InChI=1S/C4H6N2O4/c7-3-2-10-5-6(3)1-4(8)9/h5H,1-2H2,(H,8,9). The number of nitrogens with zero attached hydrogens (tertiary/aromatic N) is 1. The van der Waals surface area contributed by atoms with Gasteiger partial charge < -0.3 is 5.11 Å². The summed E-state index contributed by atoms with van der Waals surface area (Å²) in [6.45, 7) is -0.480. The number of carbonyl (C=O) groups excluding carboxylic acids is 1. The molecule has 10 heavy (non-hydrogen) atoms. The Labute approximate surface area is 56.3 Å². The van der Waals surface area contributed by atoms with Crippen LogP contribution in [-0.2, 0) is 14.4 Å². The molecule has 0 aromatic carbocycles. The van der Waals surface area contributed by atoms with Crippen LogP contribution < -0.4 is 5.59 Å². The number of aliphatic carboxylic acids is 1. The van der Waals surface area contributed by atoms with Gasteiger partial charge in [0.2, 0.25) is 0 Å². The molecule has 0 aliphatic carbocycles. The number of hydrogen-bond donors (Lipinski definition) is 2. The van der Waals surface area contributed by atoms with E-state index in [0.29, 0.717) is 0 Å². The first-order valence-corrected chi connectivity index (χ1v) is 2.60. The van der Waals surface area contributed by atoms with Crippen LogP contribution in [0.4, 0.5) is 0 Å². The van der Waals surface area contributed by atoms with Gasteiger partial charge in [0.05, 0.1) is 0 Å². The normalized spacial score (nSPS) is 18.0. The zero-order chi connectivity index (χ0) is 7.56. The lowest BCUT2D eigenvalue weighted by Crippen LogP contribution is -2.38. The predicted octanol–water partition coefficient (Wildman–Crippen LogP) is -1.65. The maximum Gasteiger partial charge on any atom is 0.324 e. The van der Waals surface area contributed by atoms with E-state index in [-0.39, 0.29) is 19.1 Å². The average molecular weight is 146 g/mol. The molecular formula is C4H6N2O4. The van der Waals surface area contributed by atoms with E-state index in [2.05, 4.69) is 10.4 Å². The van der Waals surface area contributed by atoms with Crippen molar-refractivity contribution in [1.82, 2.24) is 10.6 Å². The highest BCUT2D eigenvalue weighted by molar-refractivity contribution is 5.82.